The third-order valence-corrected chi connectivity index (χ3v) is 7.21. The summed E-state index contributed by atoms with van der Waals surface area (Å²) in [7, 11) is -2.30. The van der Waals surface area contributed by atoms with Crippen molar-refractivity contribution in [3.8, 4) is 5.75 Å². The molecule has 9 heteroatoms. The second kappa shape index (κ2) is 12.4. The second-order valence-electron chi connectivity index (χ2n) is 8.78. The van der Waals surface area contributed by atoms with Crippen LogP contribution < -0.4 is 14.4 Å². The normalized spacial score (nSPS) is 11.9. The lowest BCUT2D eigenvalue weighted by atomic mass is 10.1. The maximum Gasteiger partial charge on any atom is 0.244 e. The number of carbonyl (C=O) groups excluding carboxylic acids is 2. The van der Waals surface area contributed by atoms with Crippen molar-refractivity contribution in [3.05, 3.63) is 95.6 Å². The number of ether oxygens (including phenoxy) is 1. The predicted octanol–water partition coefficient (Wildman–Crippen LogP) is 3.50. The van der Waals surface area contributed by atoms with E-state index in [1.165, 1.54) is 11.9 Å². The first-order valence-electron chi connectivity index (χ1n) is 11.9. The number of aryl methyl sites for hydroxylation is 1. The monoisotopic (exact) mass is 523 g/mol. The largest absolute Gasteiger partial charge is 0.489 e. The highest BCUT2D eigenvalue weighted by molar-refractivity contribution is 7.92. The number of benzene rings is 3. The highest BCUT2D eigenvalue weighted by Gasteiger charge is 2.30. The van der Waals surface area contributed by atoms with E-state index in [2.05, 4.69) is 5.32 Å². The van der Waals surface area contributed by atoms with Crippen LogP contribution in [-0.4, -0.2) is 51.0 Å². The first-order chi connectivity index (χ1) is 17.6. The van der Waals surface area contributed by atoms with Crippen LogP contribution in [0.25, 0.3) is 0 Å². The van der Waals surface area contributed by atoms with Gasteiger partial charge in [-0.3, -0.25) is 13.9 Å². The molecule has 0 aliphatic rings. The standard InChI is InChI=1S/C28H33N3O5S/c1-21-10-8-9-13-24(21)18-30(22(2)28(33)29-3)27(32)19-31(37(4,34)35)25-14-16-26(17-15-25)36-20-23-11-6-5-7-12-23/h5-17,22H,18-20H2,1-4H3,(H,29,33). The molecular weight excluding hydrogens is 490 g/mol. The Morgan fingerprint density at radius 2 is 1.57 bits per heavy atom. The molecule has 3 aromatic rings. The summed E-state index contributed by atoms with van der Waals surface area (Å²) in [6.45, 7) is 3.64. The summed E-state index contributed by atoms with van der Waals surface area (Å²) in [5, 5.41) is 2.57. The van der Waals surface area contributed by atoms with E-state index >= 15 is 0 Å². The van der Waals surface area contributed by atoms with E-state index in [0.29, 0.717) is 18.0 Å². The average Bonchev–Trinajstić information content (AvgIpc) is 2.89. The third kappa shape index (κ3) is 7.57. The van der Waals surface area contributed by atoms with Gasteiger partial charge < -0.3 is 15.0 Å². The van der Waals surface area contributed by atoms with Gasteiger partial charge in [0, 0.05) is 13.6 Å². The summed E-state index contributed by atoms with van der Waals surface area (Å²) in [5.74, 6) is -0.260. The highest BCUT2D eigenvalue weighted by atomic mass is 32.2. The van der Waals surface area contributed by atoms with Crippen LogP contribution in [0.3, 0.4) is 0 Å². The van der Waals surface area contributed by atoms with Gasteiger partial charge in [-0.2, -0.15) is 0 Å². The van der Waals surface area contributed by atoms with Gasteiger partial charge in [0.15, 0.2) is 0 Å². The lowest BCUT2D eigenvalue weighted by molar-refractivity contribution is -0.139. The van der Waals surface area contributed by atoms with Gasteiger partial charge in [-0.1, -0.05) is 54.6 Å². The molecule has 0 fully saturated rings. The van der Waals surface area contributed by atoms with Crippen LogP contribution >= 0.6 is 0 Å². The number of likely N-dealkylation sites (N-methyl/N-ethyl adjacent to an activating group) is 1. The van der Waals surface area contributed by atoms with E-state index in [4.69, 9.17) is 4.74 Å². The van der Waals surface area contributed by atoms with Crippen molar-refractivity contribution in [3.63, 3.8) is 0 Å². The first kappa shape index (κ1) is 27.7. The molecule has 0 spiro atoms. The van der Waals surface area contributed by atoms with E-state index in [0.717, 1.165) is 27.3 Å². The number of nitrogens with one attached hydrogen (secondary N) is 1. The molecule has 196 valence electrons. The summed E-state index contributed by atoms with van der Waals surface area (Å²) in [4.78, 5) is 27.3. The number of amides is 2. The van der Waals surface area contributed by atoms with Gasteiger partial charge in [0.05, 0.1) is 11.9 Å². The van der Waals surface area contributed by atoms with Crippen LogP contribution in [0.4, 0.5) is 5.69 Å². The number of hydrogen-bond donors (Lipinski definition) is 1. The Hall–Kier alpha value is -3.85. The highest BCUT2D eigenvalue weighted by Crippen LogP contribution is 2.23. The minimum Gasteiger partial charge on any atom is -0.489 e. The quantitative estimate of drug-likeness (QED) is 0.415. The Bertz CT molecular complexity index is 1310. The Labute approximate surface area is 218 Å². The Morgan fingerprint density at radius 1 is 0.946 bits per heavy atom. The Kier molecular flexibility index (Phi) is 9.30. The molecule has 0 aliphatic carbocycles. The molecule has 3 rings (SSSR count). The zero-order chi connectivity index (χ0) is 27.0. The lowest BCUT2D eigenvalue weighted by Crippen LogP contribution is -2.50. The SMILES string of the molecule is CNC(=O)C(C)N(Cc1ccccc1C)C(=O)CN(c1ccc(OCc2ccccc2)cc1)S(C)(=O)=O. The summed E-state index contributed by atoms with van der Waals surface area (Å²) >= 11 is 0. The molecule has 0 saturated carbocycles. The van der Waals surface area contributed by atoms with Gasteiger partial charge in [-0.15, -0.1) is 0 Å². The summed E-state index contributed by atoms with van der Waals surface area (Å²) in [6.07, 6.45) is 1.05. The van der Waals surface area contributed by atoms with Crippen molar-refractivity contribution in [2.75, 3.05) is 24.2 Å². The Morgan fingerprint density at radius 3 is 2.16 bits per heavy atom. The fourth-order valence-electron chi connectivity index (χ4n) is 3.83. The third-order valence-electron chi connectivity index (χ3n) is 6.07. The number of carbonyl (C=O) groups is 2. The van der Waals surface area contributed by atoms with Crippen LogP contribution in [0.2, 0.25) is 0 Å². The number of rotatable bonds is 11. The molecule has 3 aromatic carbocycles. The fraction of sp³-hybridized carbons (Fsp3) is 0.286. The van der Waals surface area contributed by atoms with E-state index in [1.54, 1.807) is 31.2 Å². The molecule has 1 unspecified atom stereocenters. The van der Waals surface area contributed by atoms with Crippen molar-refractivity contribution in [2.24, 2.45) is 0 Å². The van der Waals surface area contributed by atoms with Crippen molar-refractivity contribution in [2.45, 2.75) is 33.0 Å². The Balaban J connectivity index is 1.81. The summed E-state index contributed by atoms with van der Waals surface area (Å²) < 4.78 is 32.2. The van der Waals surface area contributed by atoms with E-state index in [1.807, 2.05) is 61.5 Å². The summed E-state index contributed by atoms with van der Waals surface area (Å²) in [5.41, 5.74) is 3.17. The number of anilines is 1. The smallest absolute Gasteiger partial charge is 0.244 e. The number of hydrogen-bond acceptors (Lipinski definition) is 5. The van der Waals surface area contributed by atoms with E-state index in [-0.39, 0.29) is 12.5 Å². The molecule has 0 heterocycles. The molecule has 0 aliphatic heterocycles. The van der Waals surface area contributed by atoms with Crippen molar-refractivity contribution >= 4 is 27.5 Å². The zero-order valence-corrected chi connectivity index (χ0v) is 22.4. The van der Waals surface area contributed by atoms with Crippen LogP contribution in [0.15, 0.2) is 78.9 Å². The van der Waals surface area contributed by atoms with Gasteiger partial charge in [-0.25, -0.2) is 8.42 Å². The fourth-order valence-corrected chi connectivity index (χ4v) is 4.68. The minimum absolute atomic E-state index is 0.171. The van der Waals surface area contributed by atoms with Gasteiger partial charge in [0.1, 0.15) is 24.9 Å². The average molecular weight is 524 g/mol. The maximum absolute atomic E-state index is 13.5. The number of nitrogens with zero attached hydrogens (tertiary/aromatic N) is 2. The molecular formula is C28H33N3O5S. The van der Waals surface area contributed by atoms with Crippen molar-refractivity contribution < 1.29 is 22.7 Å². The molecule has 0 aromatic heterocycles. The summed E-state index contributed by atoms with van der Waals surface area (Å²) in [6, 6.07) is 23.0. The molecule has 0 radical (unpaired) electrons. The van der Waals surface area contributed by atoms with Crippen LogP contribution in [0.1, 0.15) is 23.6 Å². The maximum atomic E-state index is 13.5. The number of sulfonamides is 1. The lowest BCUT2D eigenvalue weighted by Gasteiger charge is -2.31. The van der Waals surface area contributed by atoms with Gasteiger partial charge in [0.2, 0.25) is 21.8 Å². The molecule has 1 atom stereocenters. The van der Waals surface area contributed by atoms with Gasteiger partial charge >= 0.3 is 0 Å². The molecule has 8 nitrogen and oxygen atoms in total. The van der Waals surface area contributed by atoms with Crippen molar-refractivity contribution in [1.82, 2.24) is 10.2 Å². The minimum atomic E-state index is -3.80. The van der Waals surface area contributed by atoms with Crippen molar-refractivity contribution in [1.29, 1.82) is 0 Å². The van der Waals surface area contributed by atoms with Crippen LogP contribution in [-0.2, 0) is 32.8 Å². The van der Waals surface area contributed by atoms with E-state index in [9.17, 15) is 18.0 Å². The zero-order valence-electron chi connectivity index (χ0n) is 21.5. The molecule has 2 amide bonds. The first-order valence-corrected chi connectivity index (χ1v) is 13.7. The van der Waals surface area contributed by atoms with Crippen LogP contribution in [0.5, 0.6) is 5.75 Å². The molecule has 1 N–H and O–H groups in total. The van der Waals surface area contributed by atoms with Gasteiger partial charge in [-0.05, 0) is 54.8 Å². The molecule has 0 bridgehead atoms. The topological polar surface area (TPSA) is 96.0 Å². The van der Waals surface area contributed by atoms with E-state index < -0.39 is 28.5 Å². The second-order valence-corrected chi connectivity index (χ2v) is 10.7. The molecule has 37 heavy (non-hydrogen) atoms. The predicted molar refractivity (Wildman–Crippen MR) is 145 cm³/mol. The molecule has 0 saturated heterocycles. The van der Waals surface area contributed by atoms with Crippen LogP contribution in [0, 0.1) is 6.92 Å². The van der Waals surface area contributed by atoms with Gasteiger partial charge in [0.25, 0.3) is 0 Å².